The molecule has 0 heterocycles. The van der Waals surface area contributed by atoms with E-state index in [0.29, 0.717) is 22.8 Å². The minimum atomic E-state index is -0.828. The van der Waals surface area contributed by atoms with Gasteiger partial charge in [-0.25, -0.2) is 4.39 Å². The number of hydrogen-bond acceptors (Lipinski definition) is 3. The second-order valence-electron chi connectivity index (χ2n) is 9.40. The molecule has 5 nitrogen and oxygen atoms in total. The SMILES string of the molecule is O=C(NC1CCCCC1)[C@H](Cc1ccccc1)N(Cc1ccccc1F)C(=O)COc1ccc(Cl)cc1. The van der Waals surface area contributed by atoms with Crippen molar-refractivity contribution in [2.24, 2.45) is 0 Å². The molecule has 3 aromatic carbocycles. The van der Waals surface area contributed by atoms with E-state index in [1.807, 2.05) is 30.3 Å². The Bertz CT molecular complexity index is 1170. The van der Waals surface area contributed by atoms with Crippen LogP contribution >= 0.6 is 11.6 Å². The molecule has 37 heavy (non-hydrogen) atoms. The van der Waals surface area contributed by atoms with Crippen molar-refractivity contribution in [3.63, 3.8) is 0 Å². The maximum Gasteiger partial charge on any atom is 0.261 e. The highest BCUT2D eigenvalue weighted by molar-refractivity contribution is 6.30. The Hall–Kier alpha value is -3.38. The standard InChI is InChI=1S/C30H32ClFN2O3/c31-24-15-17-26(18-16-24)37-21-29(35)34(20-23-11-7-8-14-27(23)32)28(19-22-9-3-1-4-10-22)30(36)33-25-12-5-2-6-13-25/h1,3-4,7-11,14-18,25,28H,2,5-6,12-13,19-21H2,(H,33,36)/t28-/m0/s1. The number of ether oxygens (including phenoxy) is 1. The van der Waals surface area contributed by atoms with Gasteiger partial charge in [0.1, 0.15) is 17.6 Å². The Morgan fingerprint density at radius 1 is 0.946 bits per heavy atom. The number of hydrogen-bond donors (Lipinski definition) is 1. The summed E-state index contributed by atoms with van der Waals surface area (Å²) in [6.07, 6.45) is 5.46. The largest absolute Gasteiger partial charge is 0.484 e. The summed E-state index contributed by atoms with van der Waals surface area (Å²) < 4.78 is 20.4. The third-order valence-electron chi connectivity index (χ3n) is 6.70. The van der Waals surface area contributed by atoms with Crippen molar-refractivity contribution in [2.75, 3.05) is 6.61 Å². The van der Waals surface area contributed by atoms with Crippen LogP contribution in [0.15, 0.2) is 78.9 Å². The van der Waals surface area contributed by atoms with E-state index in [0.717, 1.165) is 31.2 Å². The van der Waals surface area contributed by atoms with Gasteiger partial charge < -0.3 is 15.0 Å². The topological polar surface area (TPSA) is 58.6 Å². The molecule has 0 aliphatic heterocycles. The van der Waals surface area contributed by atoms with Gasteiger partial charge in [0.15, 0.2) is 6.61 Å². The second kappa shape index (κ2) is 13.2. The van der Waals surface area contributed by atoms with Crippen molar-refractivity contribution >= 4 is 23.4 Å². The molecule has 1 saturated carbocycles. The fourth-order valence-electron chi connectivity index (χ4n) is 4.67. The Kier molecular flexibility index (Phi) is 9.55. The molecule has 4 rings (SSSR count). The number of halogens is 2. The first kappa shape index (κ1) is 26.7. The number of carbonyl (C=O) groups excluding carboxylic acids is 2. The average Bonchev–Trinajstić information content (AvgIpc) is 2.92. The normalized spacial score (nSPS) is 14.5. The summed E-state index contributed by atoms with van der Waals surface area (Å²) in [5.41, 5.74) is 1.25. The molecule has 0 aromatic heterocycles. The predicted molar refractivity (Wildman–Crippen MR) is 143 cm³/mol. The smallest absolute Gasteiger partial charge is 0.261 e. The molecule has 0 radical (unpaired) electrons. The Morgan fingerprint density at radius 3 is 2.32 bits per heavy atom. The number of carbonyl (C=O) groups is 2. The summed E-state index contributed by atoms with van der Waals surface area (Å²) in [4.78, 5) is 28.7. The lowest BCUT2D eigenvalue weighted by Crippen LogP contribution is -2.53. The molecule has 1 atom stereocenters. The molecule has 1 aliphatic carbocycles. The van der Waals surface area contributed by atoms with Crippen molar-refractivity contribution in [3.8, 4) is 5.75 Å². The summed E-state index contributed by atoms with van der Waals surface area (Å²) in [5.74, 6) is -0.579. The van der Waals surface area contributed by atoms with Crippen molar-refractivity contribution in [3.05, 3.63) is 101 Å². The molecule has 1 N–H and O–H groups in total. The van der Waals surface area contributed by atoms with Gasteiger partial charge in [0.25, 0.3) is 5.91 Å². The second-order valence-corrected chi connectivity index (χ2v) is 9.84. The highest BCUT2D eigenvalue weighted by atomic mass is 35.5. The van der Waals surface area contributed by atoms with E-state index in [2.05, 4.69) is 5.32 Å². The molecular weight excluding hydrogens is 491 g/mol. The van der Waals surface area contributed by atoms with Crippen LogP contribution in [0.4, 0.5) is 4.39 Å². The summed E-state index contributed by atoms with van der Waals surface area (Å²) >= 11 is 5.95. The van der Waals surface area contributed by atoms with E-state index < -0.39 is 17.8 Å². The highest BCUT2D eigenvalue weighted by Gasteiger charge is 2.32. The van der Waals surface area contributed by atoms with Gasteiger partial charge in [-0.2, -0.15) is 0 Å². The van der Waals surface area contributed by atoms with Crippen molar-refractivity contribution in [1.82, 2.24) is 10.2 Å². The van der Waals surface area contributed by atoms with Crippen LogP contribution in [-0.2, 0) is 22.6 Å². The molecule has 0 unspecified atom stereocenters. The summed E-state index contributed by atoms with van der Waals surface area (Å²) in [5, 5.41) is 3.73. The molecule has 1 fully saturated rings. The van der Waals surface area contributed by atoms with Crippen LogP contribution in [-0.4, -0.2) is 35.4 Å². The lowest BCUT2D eigenvalue weighted by Gasteiger charge is -2.33. The average molecular weight is 523 g/mol. The van der Waals surface area contributed by atoms with Crippen LogP contribution < -0.4 is 10.1 Å². The third kappa shape index (κ3) is 7.80. The maximum atomic E-state index is 14.7. The quantitative estimate of drug-likeness (QED) is 0.358. The van der Waals surface area contributed by atoms with Crippen LogP contribution in [0.2, 0.25) is 5.02 Å². The van der Waals surface area contributed by atoms with Crippen LogP contribution in [0, 0.1) is 5.82 Å². The summed E-state index contributed by atoms with van der Waals surface area (Å²) in [6, 6.07) is 21.8. The molecule has 2 amide bonds. The van der Waals surface area contributed by atoms with E-state index in [1.54, 1.807) is 42.5 Å². The molecule has 1 aliphatic rings. The molecule has 0 bridgehead atoms. The van der Waals surface area contributed by atoms with Gasteiger partial charge in [-0.05, 0) is 48.7 Å². The molecule has 0 saturated heterocycles. The van der Waals surface area contributed by atoms with Gasteiger partial charge in [0.2, 0.25) is 5.91 Å². The molecule has 7 heteroatoms. The number of rotatable bonds is 10. The Morgan fingerprint density at radius 2 is 1.62 bits per heavy atom. The fraction of sp³-hybridized carbons (Fsp3) is 0.333. The van der Waals surface area contributed by atoms with Crippen LogP contribution in [0.5, 0.6) is 5.75 Å². The van der Waals surface area contributed by atoms with Crippen molar-refractivity contribution < 1.29 is 18.7 Å². The number of benzene rings is 3. The van der Waals surface area contributed by atoms with Gasteiger partial charge in [0.05, 0.1) is 0 Å². The first-order valence-corrected chi connectivity index (χ1v) is 13.1. The first-order valence-electron chi connectivity index (χ1n) is 12.7. The van der Waals surface area contributed by atoms with E-state index in [9.17, 15) is 14.0 Å². The minimum Gasteiger partial charge on any atom is -0.484 e. The Balaban J connectivity index is 1.61. The highest BCUT2D eigenvalue weighted by Crippen LogP contribution is 2.21. The van der Waals surface area contributed by atoms with Crippen LogP contribution in [0.1, 0.15) is 43.2 Å². The van der Waals surface area contributed by atoms with E-state index in [1.165, 1.54) is 17.4 Å². The zero-order valence-corrected chi connectivity index (χ0v) is 21.5. The lowest BCUT2D eigenvalue weighted by molar-refractivity contribution is -0.143. The van der Waals surface area contributed by atoms with Gasteiger partial charge in [0, 0.05) is 29.6 Å². The zero-order chi connectivity index (χ0) is 26.0. The number of amides is 2. The van der Waals surface area contributed by atoms with E-state index >= 15 is 0 Å². The van der Waals surface area contributed by atoms with Gasteiger partial charge in [-0.1, -0.05) is 79.4 Å². The van der Waals surface area contributed by atoms with Crippen molar-refractivity contribution in [1.29, 1.82) is 0 Å². The van der Waals surface area contributed by atoms with E-state index in [4.69, 9.17) is 16.3 Å². The first-order chi connectivity index (χ1) is 18.0. The Labute approximate surface area is 222 Å². The lowest BCUT2D eigenvalue weighted by atomic mass is 9.94. The van der Waals surface area contributed by atoms with Crippen molar-refractivity contribution in [2.45, 2.75) is 57.2 Å². The van der Waals surface area contributed by atoms with Gasteiger partial charge in [-0.15, -0.1) is 0 Å². The molecule has 0 spiro atoms. The summed E-state index contributed by atoms with van der Waals surface area (Å²) in [7, 11) is 0. The number of nitrogens with one attached hydrogen (secondary N) is 1. The van der Waals surface area contributed by atoms with Gasteiger partial charge >= 0.3 is 0 Å². The zero-order valence-electron chi connectivity index (χ0n) is 20.7. The van der Waals surface area contributed by atoms with Crippen LogP contribution in [0.25, 0.3) is 0 Å². The minimum absolute atomic E-state index is 0.0505. The monoisotopic (exact) mass is 522 g/mol. The molecular formula is C30H32ClFN2O3. The maximum absolute atomic E-state index is 14.7. The molecule has 194 valence electrons. The number of nitrogens with zero attached hydrogens (tertiary/aromatic N) is 1. The third-order valence-corrected chi connectivity index (χ3v) is 6.95. The predicted octanol–water partition coefficient (Wildman–Crippen LogP) is 5.95. The fourth-order valence-corrected chi connectivity index (χ4v) is 4.79. The van der Waals surface area contributed by atoms with E-state index in [-0.39, 0.29) is 25.1 Å². The van der Waals surface area contributed by atoms with Gasteiger partial charge in [-0.3, -0.25) is 9.59 Å². The molecule has 3 aromatic rings. The van der Waals surface area contributed by atoms with Crippen LogP contribution in [0.3, 0.4) is 0 Å². The summed E-state index contributed by atoms with van der Waals surface area (Å²) in [6.45, 7) is -0.344.